The normalized spacial score (nSPS) is 11.1. The standard InChI is InChI=1S/C31H30N2O3/c1-35-25-19-17-24(18-20-25)30-32-28-15-7-6-14-27(28)31(34)33(30)21-8-2-3-9-22-36-29-16-10-12-23-11-4-5-13-26(23)29/h4-7,10-20H,2-3,8-9,21-22H2,1H3. The van der Waals surface area contributed by atoms with Crippen molar-refractivity contribution in [3.63, 3.8) is 0 Å². The molecule has 0 aliphatic rings. The van der Waals surface area contributed by atoms with E-state index in [1.807, 2.05) is 77.4 Å². The van der Waals surface area contributed by atoms with E-state index < -0.39 is 0 Å². The third-order valence-electron chi connectivity index (χ3n) is 6.49. The van der Waals surface area contributed by atoms with Crippen molar-refractivity contribution in [2.45, 2.75) is 32.2 Å². The molecule has 36 heavy (non-hydrogen) atoms. The highest BCUT2D eigenvalue weighted by Crippen LogP contribution is 2.26. The van der Waals surface area contributed by atoms with Crippen molar-refractivity contribution < 1.29 is 9.47 Å². The Kier molecular flexibility index (Phi) is 7.27. The van der Waals surface area contributed by atoms with Gasteiger partial charge >= 0.3 is 0 Å². The molecule has 5 rings (SSSR count). The summed E-state index contributed by atoms with van der Waals surface area (Å²) >= 11 is 0. The van der Waals surface area contributed by atoms with Crippen molar-refractivity contribution in [1.82, 2.24) is 9.55 Å². The fraction of sp³-hybridized carbons (Fsp3) is 0.226. The van der Waals surface area contributed by atoms with Gasteiger partial charge in [0.15, 0.2) is 0 Å². The minimum Gasteiger partial charge on any atom is -0.497 e. The van der Waals surface area contributed by atoms with Crippen LogP contribution in [-0.4, -0.2) is 23.3 Å². The van der Waals surface area contributed by atoms with Crippen LogP contribution in [0.4, 0.5) is 0 Å². The minimum absolute atomic E-state index is 0.00528. The molecule has 0 atom stereocenters. The summed E-state index contributed by atoms with van der Waals surface area (Å²) in [5, 5.41) is 2.99. The Hall–Kier alpha value is -4.12. The van der Waals surface area contributed by atoms with Gasteiger partial charge in [-0.05, 0) is 60.7 Å². The van der Waals surface area contributed by atoms with Crippen LogP contribution in [0.3, 0.4) is 0 Å². The maximum absolute atomic E-state index is 13.4. The Bertz CT molecular complexity index is 1520. The third-order valence-corrected chi connectivity index (χ3v) is 6.49. The number of ether oxygens (including phenoxy) is 2. The van der Waals surface area contributed by atoms with Crippen LogP contribution in [0.5, 0.6) is 11.5 Å². The Labute approximate surface area is 211 Å². The first-order valence-electron chi connectivity index (χ1n) is 12.5. The van der Waals surface area contributed by atoms with Crippen molar-refractivity contribution >= 4 is 21.7 Å². The molecule has 0 aliphatic heterocycles. The molecular formula is C31H30N2O3. The molecular weight excluding hydrogens is 448 g/mol. The molecule has 0 amide bonds. The number of benzene rings is 4. The maximum atomic E-state index is 13.4. The number of rotatable bonds is 10. The monoisotopic (exact) mass is 478 g/mol. The molecule has 0 fully saturated rings. The molecule has 0 spiro atoms. The van der Waals surface area contributed by atoms with Gasteiger partial charge in [-0.1, -0.05) is 61.4 Å². The van der Waals surface area contributed by atoms with E-state index in [4.69, 9.17) is 14.5 Å². The maximum Gasteiger partial charge on any atom is 0.261 e. The molecule has 0 saturated heterocycles. The second-order valence-electron chi connectivity index (χ2n) is 8.88. The third kappa shape index (κ3) is 5.10. The smallest absolute Gasteiger partial charge is 0.261 e. The van der Waals surface area contributed by atoms with Crippen LogP contribution in [0.1, 0.15) is 25.7 Å². The van der Waals surface area contributed by atoms with Crippen LogP contribution in [-0.2, 0) is 6.54 Å². The summed E-state index contributed by atoms with van der Waals surface area (Å²) in [5.74, 6) is 2.41. The molecule has 5 nitrogen and oxygen atoms in total. The molecule has 0 bridgehead atoms. The van der Waals surface area contributed by atoms with Gasteiger partial charge in [-0.2, -0.15) is 0 Å². The van der Waals surface area contributed by atoms with E-state index >= 15 is 0 Å². The SMILES string of the molecule is COc1ccc(-c2nc3ccccc3c(=O)n2CCCCCCOc2cccc3ccccc23)cc1. The van der Waals surface area contributed by atoms with Gasteiger partial charge in [-0.15, -0.1) is 0 Å². The molecule has 0 aliphatic carbocycles. The fourth-order valence-corrected chi connectivity index (χ4v) is 4.57. The minimum atomic E-state index is 0.00528. The predicted molar refractivity (Wildman–Crippen MR) is 146 cm³/mol. The molecule has 4 aromatic carbocycles. The average molecular weight is 479 g/mol. The highest BCUT2D eigenvalue weighted by atomic mass is 16.5. The zero-order valence-electron chi connectivity index (χ0n) is 20.5. The first kappa shape index (κ1) is 23.6. The summed E-state index contributed by atoms with van der Waals surface area (Å²) in [7, 11) is 1.65. The molecule has 5 heteroatoms. The zero-order valence-corrected chi connectivity index (χ0v) is 20.5. The van der Waals surface area contributed by atoms with Gasteiger partial charge in [0.25, 0.3) is 5.56 Å². The van der Waals surface area contributed by atoms with E-state index in [1.54, 1.807) is 7.11 Å². The van der Waals surface area contributed by atoms with E-state index in [2.05, 4.69) is 18.2 Å². The second kappa shape index (κ2) is 11.1. The Morgan fingerprint density at radius 3 is 2.31 bits per heavy atom. The lowest BCUT2D eigenvalue weighted by Gasteiger charge is -2.14. The number of hydrogen-bond donors (Lipinski definition) is 0. The van der Waals surface area contributed by atoms with Gasteiger partial charge in [0.2, 0.25) is 0 Å². The van der Waals surface area contributed by atoms with Gasteiger partial charge < -0.3 is 9.47 Å². The highest BCUT2D eigenvalue weighted by Gasteiger charge is 2.13. The number of methoxy groups -OCH3 is 1. The van der Waals surface area contributed by atoms with Gasteiger partial charge in [-0.25, -0.2) is 4.98 Å². The molecule has 5 aromatic rings. The fourth-order valence-electron chi connectivity index (χ4n) is 4.57. The molecule has 0 saturated carbocycles. The number of aromatic nitrogens is 2. The number of fused-ring (bicyclic) bond motifs is 2. The van der Waals surface area contributed by atoms with Crippen LogP contribution in [0.15, 0.2) is 95.8 Å². The lowest BCUT2D eigenvalue weighted by atomic mass is 10.1. The first-order valence-corrected chi connectivity index (χ1v) is 12.5. The molecule has 0 N–H and O–H groups in total. The topological polar surface area (TPSA) is 53.3 Å². The van der Waals surface area contributed by atoms with Crippen molar-refractivity contribution in [2.24, 2.45) is 0 Å². The summed E-state index contributed by atoms with van der Waals surface area (Å²) in [6, 6.07) is 29.7. The van der Waals surface area contributed by atoms with Crippen molar-refractivity contribution in [3.8, 4) is 22.9 Å². The summed E-state index contributed by atoms with van der Waals surface area (Å²) in [6.45, 7) is 1.31. The van der Waals surface area contributed by atoms with E-state index in [0.717, 1.165) is 53.6 Å². The van der Waals surface area contributed by atoms with E-state index in [-0.39, 0.29) is 5.56 Å². The van der Waals surface area contributed by atoms with E-state index in [9.17, 15) is 4.79 Å². The van der Waals surface area contributed by atoms with Crippen LogP contribution in [0.2, 0.25) is 0 Å². The van der Waals surface area contributed by atoms with Crippen molar-refractivity contribution in [3.05, 3.63) is 101 Å². The van der Waals surface area contributed by atoms with Gasteiger partial charge in [0.05, 0.1) is 24.6 Å². The largest absolute Gasteiger partial charge is 0.497 e. The average Bonchev–Trinajstić information content (AvgIpc) is 2.93. The van der Waals surface area contributed by atoms with E-state index in [1.165, 1.54) is 5.39 Å². The number of unbranched alkanes of at least 4 members (excludes halogenated alkanes) is 3. The molecule has 0 radical (unpaired) electrons. The lowest BCUT2D eigenvalue weighted by molar-refractivity contribution is 0.307. The Morgan fingerprint density at radius 2 is 1.47 bits per heavy atom. The molecule has 0 unspecified atom stereocenters. The molecule has 1 heterocycles. The molecule has 1 aromatic heterocycles. The van der Waals surface area contributed by atoms with Crippen LogP contribution >= 0.6 is 0 Å². The summed E-state index contributed by atoms with van der Waals surface area (Å²) < 4.78 is 13.2. The number of para-hydroxylation sites is 1. The summed E-state index contributed by atoms with van der Waals surface area (Å²) in [6.07, 6.45) is 3.93. The highest BCUT2D eigenvalue weighted by molar-refractivity contribution is 5.88. The van der Waals surface area contributed by atoms with Crippen molar-refractivity contribution in [2.75, 3.05) is 13.7 Å². The first-order chi connectivity index (χ1) is 17.7. The Balaban J connectivity index is 1.22. The molecule has 182 valence electrons. The number of hydrogen-bond acceptors (Lipinski definition) is 4. The quantitative estimate of drug-likeness (QED) is 0.206. The van der Waals surface area contributed by atoms with Crippen LogP contribution < -0.4 is 15.0 Å². The van der Waals surface area contributed by atoms with Crippen LogP contribution in [0, 0.1) is 0 Å². The van der Waals surface area contributed by atoms with Gasteiger partial charge in [0, 0.05) is 17.5 Å². The van der Waals surface area contributed by atoms with Crippen molar-refractivity contribution in [1.29, 1.82) is 0 Å². The van der Waals surface area contributed by atoms with Crippen LogP contribution in [0.25, 0.3) is 33.1 Å². The Morgan fingerprint density at radius 1 is 0.750 bits per heavy atom. The van der Waals surface area contributed by atoms with Gasteiger partial charge in [0.1, 0.15) is 17.3 Å². The van der Waals surface area contributed by atoms with Gasteiger partial charge in [-0.3, -0.25) is 9.36 Å². The zero-order chi connectivity index (χ0) is 24.7. The number of nitrogens with zero attached hydrogens (tertiary/aromatic N) is 2. The lowest BCUT2D eigenvalue weighted by Crippen LogP contribution is -2.23. The summed E-state index contributed by atoms with van der Waals surface area (Å²) in [5.41, 5.74) is 1.63. The predicted octanol–water partition coefficient (Wildman–Crippen LogP) is 6.86. The van der Waals surface area contributed by atoms with E-state index in [0.29, 0.717) is 24.4 Å². The summed E-state index contributed by atoms with van der Waals surface area (Å²) in [4.78, 5) is 18.2. The second-order valence-corrected chi connectivity index (χ2v) is 8.88.